The standard InChI is InChI=1S/C25H18Cl2O5.C23H16Cl2O4.C4H6O3/c1-14(28)31-24-22(25(29)32-23(24)16-6-4-3-5-7-16)19-13-20(26)18(12-21(19)27)15-8-10-17(30-2)11-9-15;1-28-15-9-7-13(8-10-15)16-11-19(25)17(12-18(16)24)20-21(26)22(29-23(20)27)14-5-3-2-4-6-14;1-3(5)7-4(2)6/h3-13,23H,1-2H3;2-12,22,26H,1H3;1-2H3. The SMILES string of the molecule is CC(=O)OC(C)=O.COc1ccc(-c2cc(Cl)c(C3=C(O)C(c4ccccc4)OC3=O)cc2Cl)cc1.COc1ccc(-c2cc(Cl)c(C3=C(OC(C)=O)C(c4ccccc4)OC3=O)cc2Cl)cc1. The fourth-order valence-corrected chi connectivity index (χ4v) is 8.08. The summed E-state index contributed by atoms with van der Waals surface area (Å²) in [5.41, 5.74) is 5.15. The van der Waals surface area contributed by atoms with Gasteiger partial charge in [0.2, 0.25) is 0 Å². The first-order chi connectivity index (χ1) is 32.5. The molecule has 0 fully saturated rings. The van der Waals surface area contributed by atoms with Gasteiger partial charge >= 0.3 is 29.8 Å². The van der Waals surface area contributed by atoms with Crippen LogP contribution in [0, 0.1) is 0 Å². The van der Waals surface area contributed by atoms with Gasteiger partial charge in [0.25, 0.3) is 0 Å². The van der Waals surface area contributed by atoms with Gasteiger partial charge in [-0.2, -0.15) is 0 Å². The smallest absolute Gasteiger partial charge is 0.343 e. The van der Waals surface area contributed by atoms with Gasteiger partial charge in [-0.3, -0.25) is 14.4 Å². The fraction of sp³-hybridized carbons (Fsp3) is 0.135. The first-order valence-corrected chi connectivity index (χ1v) is 21.9. The number of hydrogen-bond acceptors (Lipinski definition) is 12. The Bertz CT molecular complexity index is 2920. The van der Waals surface area contributed by atoms with Gasteiger partial charge in [0.05, 0.1) is 14.2 Å². The fourth-order valence-electron chi connectivity index (χ4n) is 7.02. The number of halogens is 4. The van der Waals surface area contributed by atoms with Gasteiger partial charge in [0, 0.05) is 74.2 Å². The summed E-state index contributed by atoms with van der Waals surface area (Å²) in [6.07, 6.45) is -1.73. The maximum Gasteiger partial charge on any atom is 0.343 e. The van der Waals surface area contributed by atoms with E-state index in [1.165, 1.54) is 20.8 Å². The molecule has 348 valence electrons. The molecule has 2 aliphatic rings. The molecule has 6 aromatic rings. The van der Waals surface area contributed by atoms with Gasteiger partial charge < -0.3 is 33.5 Å². The van der Waals surface area contributed by atoms with Crippen molar-refractivity contribution >= 4 is 87.4 Å². The Morgan fingerprint density at radius 1 is 0.500 bits per heavy atom. The van der Waals surface area contributed by atoms with Crippen molar-refractivity contribution in [3.8, 4) is 33.8 Å². The minimum atomic E-state index is -0.866. The molecule has 0 bridgehead atoms. The van der Waals surface area contributed by atoms with Crippen LogP contribution in [0.25, 0.3) is 33.4 Å². The van der Waals surface area contributed by atoms with Gasteiger partial charge in [-0.05, 0) is 59.7 Å². The zero-order chi connectivity index (χ0) is 49.2. The monoisotopic (exact) mass is 996 g/mol. The van der Waals surface area contributed by atoms with E-state index >= 15 is 0 Å². The van der Waals surface area contributed by atoms with E-state index in [9.17, 15) is 29.1 Å². The topological polar surface area (TPSA) is 161 Å². The Kier molecular flexibility index (Phi) is 16.7. The van der Waals surface area contributed by atoms with E-state index in [-0.39, 0.29) is 32.7 Å². The third kappa shape index (κ3) is 11.9. The second kappa shape index (κ2) is 22.6. The molecule has 8 rings (SSSR count). The molecule has 0 amide bonds. The number of rotatable bonds is 9. The van der Waals surface area contributed by atoms with Crippen molar-refractivity contribution in [1.82, 2.24) is 0 Å². The van der Waals surface area contributed by atoms with Crippen LogP contribution >= 0.6 is 46.4 Å². The summed E-state index contributed by atoms with van der Waals surface area (Å²) in [4.78, 5) is 56.8. The lowest BCUT2D eigenvalue weighted by Crippen LogP contribution is -2.07. The van der Waals surface area contributed by atoms with Crippen LogP contribution in [0.2, 0.25) is 20.1 Å². The van der Waals surface area contributed by atoms with Crippen molar-refractivity contribution in [1.29, 1.82) is 0 Å². The Morgan fingerprint density at radius 3 is 1.26 bits per heavy atom. The van der Waals surface area contributed by atoms with E-state index in [0.717, 1.165) is 16.9 Å². The highest BCUT2D eigenvalue weighted by Gasteiger charge is 2.40. The lowest BCUT2D eigenvalue weighted by atomic mass is 9.98. The number of carbonyl (C=O) groups excluding carboxylic acids is 5. The third-order valence-corrected chi connectivity index (χ3v) is 11.3. The summed E-state index contributed by atoms with van der Waals surface area (Å²) >= 11 is 26.1. The molecule has 0 aromatic heterocycles. The lowest BCUT2D eigenvalue weighted by Gasteiger charge is -2.14. The predicted octanol–water partition coefficient (Wildman–Crippen LogP) is 12.6. The van der Waals surface area contributed by atoms with Crippen LogP contribution in [0.15, 0.2) is 145 Å². The summed E-state index contributed by atoms with van der Waals surface area (Å²) < 4.78 is 30.7. The van der Waals surface area contributed by atoms with E-state index in [2.05, 4.69) is 4.74 Å². The minimum absolute atomic E-state index is 0.0204. The zero-order valence-corrected chi connectivity index (χ0v) is 39.8. The normalized spacial score (nSPS) is 15.0. The Hall–Kier alpha value is -7.09. The molecule has 1 N–H and O–H groups in total. The van der Waals surface area contributed by atoms with Crippen molar-refractivity contribution in [3.05, 3.63) is 187 Å². The number of benzene rings is 6. The van der Waals surface area contributed by atoms with Gasteiger partial charge in [-0.15, -0.1) is 0 Å². The van der Waals surface area contributed by atoms with Crippen LogP contribution in [-0.4, -0.2) is 49.2 Å². The molecule has 2 unspecified atom stereocenters. The van der Waals surface area contributed by atoms with Crippen LogP contribution in [-0.2, 0) is 42.9 Å². The molecule has 0 saturated carbocycles. The van der Waals surface area contributed by atoms with E-state index in [4.69, 9.17) is 70.1 Å². The summed E-state index contributed by atoms with van der Waals surface area (Å²) in [6.45, 7) is 3.62. The summed E-state index contributed by atoms with van der Waals surface area (Å²) in [7, 11) is 3.18. The Labute approximate surface area is 411 Å². The highest BCUT2D eigenvalue weighted by molar-refractivity contribution is 6.39. The average Bonchev–Trinajstić information content (AvgIpc) is 3.80. The van der Waals surface area contributed by atoms with E-state index in [0.29, 0.717) is 49.2 Å². The molecular formula is C52H40Cl4O12. The number of methoxy groups -OCH3 is 2. The maximum absolute atomic E-state index is 12.9. The van der Waals surface area contributed by atoms with Gasteiger partial charge in [-0.1, -0.05) is 131 Å². The maximum atomic E-state index is 12.9. The third-order valence-electron chi connectivity index (χ3n) is 10.0. The number of hydrogen-bond donors (Lipinski definition) is 1. The minimum Gasteiger partial charge on any atom is -0.507 e. The van der Waals surface area contributed by atoms with Crippen molar-refractivity contribution in [2.24, 2.45) is 0 Å². The summed E-state index contributed by atoms with van der Waals surface area (Å²) in [5, 5.41) is 12.0. The second-order valence-corrected chi connectivity index (χ2v) is 16.3. The van der Waals surface area contributed by atoms with Gasteiger partial charge in [0.1, 0.15) is 22.6 Å². The average molecular weight is 999 g/mol. The van der Waals surface area contributed by atoms with Crippen molar-refractivity contribution in [2.45, 2.75) is 33.0 Å². The molecule has 0 radical (unpaired) electrons. The van der Waals surface area contributed by atoms with Crippen molar-refractivity contribution < 1.29 is 57.5 Å². The van der Waals surface area contributed by atoms with Gasteiger partial charge in [-0.25, -0.2) is 9.59 Å². The highest BCUT2D eigenvalue weighted by atomic mass is 35.5. The van der Waals surface area contributed by atoms with Crippen LogP contribution in [0.3, 0.4) is 0 Å². The van der Waals surface area contributed by atoms with Crippen molar-refractivity contribution in [2.75, 3.05) is 14.2 Å². The number of carbonyl (C=O) groups is 5. The van der Waals surface area contributed by atoms with Gasteiger partial charge in [0.15, 0.2) is 23.7 Å². The first-order valence-electron chi connectivity index (χ1n) is 20.3. The number of aliphatic hydroxyl groups excluding tert-OH is 1. The van der Waals surface area contributed by atoms with Crippen LogP contribution in [0.4, 0.5) is 0 Å². The second-order valence-electron chi connectivity index (χ2n) is 14.7. The molecule has 0 spiro atoms. The predicted molar refractivity (Wildman–Crippen MR) is 258 cm³/mol. The molecule has 68 heavy (non-hydrogen) atoms. The Morgan fingerprint density at radius 2 is 0.868 bits per heavy atom. The molecule has 6 aromatic carbocycles. The van der Waals surface area contributed by atoms with Crippen LogP contribution in [0.1, 0.15) is 55.2 Å². The van der Waals surface area contributed by atoms with E-state index < -0.39 is 42.1 Å². The molecule has 2 heterocycles. The Balaban J connectivity index is 0.000000197. The lowest BCUT2D eigenvalue weighted by molar-refractivity contribution is -0.156. The molecule has 16 heteroatoms. The zero-order valence-electron chi connectivity index (χ0n) is 36.8. The summed E-state index contributed by atoms with van der Waals surface area (Å²) in [6, 6.07) is 39.2. The first kappa shape index (κ1) is 50.3. The van der Waals surface area contributed by atoms with E-state index in [1.54, 1.807) is 74.9 Å². The molecule has 2 atom stereocenters. The number of aliphatic hydroxyl groups is 1. The highest BCUT2D eigenvalue weighted by Crippen LogP contribution is 2.46. The number of ether oxygens (including phenoxy) is 6. The largest absolute Gasteiger partial charge is 0.507 e. The van der Waals surface area contributed by atoms with Crippen molar-refractivity contribution in [3.63, 3.8) is 0 Å². The number of esters is 5. The number of cyclic esters (lactones) is 2. The molecule has 12 nitrogen and oxygen atoms in total. The molecule has 0 saturated heterocycles. The molecular weight excluding hydrogens is 958 g/mol. The molecule has 2 aliphatic heterocycles. The van der Waals surface area contributed by atoms with Crippen LogP contribution < -0.4 is 9.47 Å². The summed E-state index contributed by atoms with van der Waals surface area (Å²) in [5.74, 6) is -1.65. The quantitative estimate of drug-likeness (QED) is 0.0830. The van der Waals surface area contributed by atoms with E-state index in [1.807, 2.05) is 72.8 Å². The van der Waals surface area contributed by atoms with Crippen LogP contribution in [0.5, 0.6) is 11.5 Å². The molecule has 0 aliphatic carbocycles.